The van der Waals surface area contributed by atoms with Crippen LogP contribution in [0.15, 0.2) is 11.7 Å². The number of rotatable bonds is 6. The van der Waals surface area contributed by atoms with Crippen LogP contribution in [0.1, 0.15) is 37.5 Å². The third kappa shape index (κ3) is 4.27. The summed E-state index contributed by atoms with van der Waals surface area (Å²) >= 11 is 3.95. The van der Waals surface area contributed by atoms with Crippen LogP contribution in [0.4, 0.5) is 0 Å². The molecule has 2 rings (SSSR count). The molecular formula is C13H22N2S2. The highest BCUT2D eigenvalue weighted by molar-refractivity contribution is 8.00. The van der Waals surface area contributed by atoms with Crippen LogP contribution in [-0.4, -0.2) is 28.6 Å². The number of hydrogen-bond donors (Lipinski definition) is 1. The summed E-state index contributed by atoms with van der Waals surface area (Å²) in [7, 11) is 0. The molecular weight excluding hydrogens is 248 g/mol. The molecule has 0 bridgehead atoms. The van der Waals surface area contributed by atoms with E-state index in [9.17, 15) is 0 Å². The lowest BCUT2D eigenvalue weighted by Crippen LogP contribution is -2.41. The van der Waals surface area contributed by atoms with Gasteiger partial charge in [-0.1, -0.05) is 13.3 Å². The lowest BCUT2D eigenvalue weighted by molar-refractivity contribution is 0.463. The second kappa shape index (κ2) is 7.39. The highest BCUT2D eigenvalue weighted by Gasteiger charge is 2.24. The van der Waals surface area contributed by atoms with Crippen LogP contribution in [0.25, 0.3) is 0 Å². The lowest BCUT2D eigenvalue weighted by Gasteiger charge is -2.30. The molecule has 0 amide bonds. The van der Waals surface area contributed by atoms with Gasteiger partial charge in [0, 0.05) is 22.4 Å². The van der Waals surface area contributed by atoms with Crippen LogP contribution in [0, 0.1) is 0 Å². The minimum Gasteiger partial charge on any atom is -0.313 e. The molecule has 1 N–H and O–H groups in total. The van der Waals surface area contributed by atoms with Gasteiger partial charge in [0.15, 0.2) is 0 Å². The number of nitrogens with one attached hydrogen (secondary N) is 1. The summed E-state index contributed by atoms with van der Waals surface area (Å²) in [4.78, 5) is 5.61. The molecule has 4 heteroatoms. The maximum absolute atomic E-state index is 4.18. The monoisotopic (exact) mass is 270 g/mol. The Morgan fingerprint density at radius 3 is 3.12 bits per heavy atom. The van der Waals surface area contributed by atoms with E-state index in [-0.39, 0.29) is 0 Å². The van der Waals surface area contributed by atoms with E-state index < -0.39 is 0 Å². The lowest BCUT2D eigenvalue weighted by atomic mass is 10.0. The third-order valence-electron chi connectivity index (χ3n) is 3.22. The van der Waals surface area contributed by atoms with Crippen molar-refractivity contribution in [1.82, 2.24) is 10.3 Å². The molecule has 1 aromatic heterocycles. The number of thiazole rings is 1. The third-order valence-corrected chi connectivity index (χ3v) is 5.54. The van der Waals surface area contributed by atoms with Gasteiger partial charge in [0.05, 0.1) is 5.51 Å². The van der Waals surface area contributed by atoms with Crippen LogP contribution in [0.3, 0.4) is 0 Å². The normalized spacial score (nSPS) is 22.5. The summed E-state index contributed by atoms with van der Waals surface area (Å²) in [5.74, 6) is 1.34. The van der Waals surface area contributed by atoms with Gasteiger partial charge in [0.2, 0.25) is 0 Å². The van der Waals surface area contributed by atoms with Crippen molar-refractivity contribution in [2.45, 2.75) is 50.3 Å². The molecule has 0 saturated carbocycles. The molecule has 0 spiro atoms. The Morgan fingerprint density at radius 2 is 2.47 bits per heavy atom. The predicted molar refractivity (Wildman–Crippen MR) is 78.0 cm³/mol. The Labute approximate surface area is 113 Å². The smallest absolute Gasteiger partial charge is 0.0794 e. The first-order valence-electron chi connectivity index (χ1n) is 6.62. The molecule has 0 aliphatic carbocycles. The molecule has 1 aliphatic rings. The van der Waals surface area contributed by atoms with Crippen LogP contribution in [0.5, 0.6) is 0 Å². The summed E-state index contributed by atoms with van der Waals surface area (Å²) in [6, 6.07) is 0.640. The molecule has 2 heterocycles. The van der Waals surface area contributed by atoms with E-state index in [1.165, 1.54) is 36.3 Å². The zero-order valence-corrected chi connectivity index (χ0v) is 12.2. The van der Waals surface area contributed by atoms with Crippen LogP contribution >= 0.6 is 23.1 Å². The fraction of sp³-hybridized carbons (Fsp3) is 0.769. The molecule has 2 unspecified atom stereocenters. The van der Waals surface area contributed by atoms with Crippen molar-refractivity contribution >= 4 is 23.1 Å². The Balaban J connectivity index is 1.91. The Bertz CT molecular complexity index is 294. The molecule has 2 atom stereocenters. The summed E-state index contributed by atoms with van der Waals surface area (Å²) in [5, 5.41) is 4.54. The summed E-state index contributed by atoms with van der Waals surface area (Å²) in [6.45, 7) is 3.38. The molecule has 1 saturated heterocycles. The van der Waals surface area contributed by atoms with Gasteiger partial charge < -0.3 is 5.32 Å². The molecule has 1 aromatic rings. The SMILES string of the molecule is CCCNC(Cc1cncs1)C1CCCCS1. The second-order valence-corrected chi connectivity index (χ2v) is 6.96. The Morgan fingerprint density at radius 1 is 1.53 bits per heavy atom. The van der Waals surface area contributed by atoms with Gasteiger partial charge in [-0.2, -0.15) is 11.8 Å². The van der Waals surface area contributed by atoms with Crippen molar-refractivity contribution in [3.05, 3.63) is 16.6 Å². The second-order valence-electron chi connectivity index (χ2n) is 4.64. The molecule has 1 fully saturated rings. The first-order chi connectivity index (χ1) is 8.40. The summed E-state index contributed by atoms with van der Waals surface area (Å²) in [6.07, 6.45) is 8.59. The maximum Gasteiger partial charge on any atom is 0.0794 e. The standard InChI is InChI=1S/C13H22N2S2/c1-2-6-15-12(8-11-9-14-10-17-11)13-5-3-4-7-16-13/h9-10,12-13,15H,2-8H2,1H3. The Hall–Kier alpha value is -0.0600. The average molecular weight is 270 g/mol. The Kier molecular flexibility index (Phi) is 5.81. The van der Waals surface area contributed by atoms with Gasteiger partial charge >= 0.3 is 0 Å². The van der Waals surface area contributed by atoms with E-state index in [0.29, 0.717) is 6.04 Å². The van der Waals surface area contributed by atoms with Crippen LogP contribution < -0.4 is 5.32 Å². The van der Waals surface area contributed by atoms with E-state index in [2.05, 4.69) is 29.0 Å². The average Bonchev–Trinajstić information content (AvgIpc) is 2.88. The van der Waals surface area contributed by atoms with Gasteiger partial charge in [0.1, 0.15) is 0 Å². The fourth-order valence-corrected chi connectivity index (χ4v) is 4.39. The van der Waals surface area contributed by atoms with E-state index in [0.717, 1.165) is 18.2 Å². The quantitative estimate of drug-likeness (QED) is 0.858. The van der Waals surface area contributed by atoms with Gasteiger partial charge in [-0.05, 0) is 38.0 Å². The molecule has 2 nitrogen and oxygen atoms in total. The first kappa shape index (κ1) is 13.4. The van der Waals surface area contributed by atoms with Gasteiger partial charge in [-0.3, -0.25) is 4.98 Å². The van der Waals surface area contributed by atoms with Gasteiger partial charge in [-0.25, -0.2) is 0 Å². The predicted octanol–water partition coefficient (Wildman–Crippen LogP) is 3.34. The molecule has 17 heavy (non-hydrogen) atoms. The maximum atomic E-state index is 4.18. The molecule has 0 aromatic carbocycles. The highest BCUT2D eigenvalue weighted by Crippen LogP contribution is 2.29. The van der Waals surface area contributed by atoms with Gasteiger partial charge in [0.25, 0.3) is 0 Å². The minimum atomic E-state index is 0.640. The van der Waals surface area contributed by atoms with Gasteiger partial charge in [-0.15, -0.1) is 11.3 Å². The number of thioether (sulfide) groups is 1. The number of hydrogen-bond acceptors (Lipinski definition) is 4. The van der Waals surface area contributed by atoms with Crippen molar-refractivity contribution in [3.63, 3.8) is 0 Å². The molecule has 96 valence electrons. The largest absolute Gasteiger partial charge is 0.313 e. The van der Waals surface area contributed by atoms with Crippen molar-refractivity contribution in [2.75, 3.05) is 12.3 Å². The fourth-order valence-electron chi connectivity index (χ4n) is 2.31. The highest BCUT2D eigenvalue weighted by atomic mass is 32.2. The van der Waals surface area contributed by atoms with Crippen LogP contribution in [0.2, 0.25) is 0 Å². The zero-order valence-electron chi connectivity index (χ0n) is 10.5. The van der Waals surface area contributed by atoms with E-state index >= 15 is 0 Å². The number of nitrogens with zero attached hydrogens (tertiary/aromatic N) is 1. The topological polar surface area (TPSA) is 24.9 Å². The molecule has 0 radical (unpaired) electrons. The van der Waals surface area contributed by atoms with Crippen molar-refractivity contribution in [2.24, 2.45) is 0 Å². The zero-order chi connectivity index (χ0) is 11.9. The van der Waals surface area contributed by atoms with E-state index in [1.807, 2.05) is 11.7 Å². The molecule has 1 aliphatic heterocycles. The summed E-state index contributed by atoms with van der Waals surface area (Å²) < 4.78 is 0. The van der Waals surface area contributed by atoms with E-state index in [1.54, 1.807) is 11.3 Å². The van der Waals surface area contributed by atoms with Crippen molar-refractivity contribution in [1.29, 1.82) is 0 Å². The first-order valence-corrected chi connectivity index (χ1v) is 8.55. The van der Waals surface area contributed by atoms with Crippen molar-refractivity contribution < 1.29 is 0 Å². The van der Waals surface area contributed by atoms with Crippen LogP contribution in [-0.2, 0) is 6.42 Å². The summed E-state index contributed by atoms with van der Waals surface area (Å²) in [5.41, 5.74) is 1.94. The van der Waals surface area contributed by atoms with E-state index in [4.69, 9.17) is 0 Å². The van der Waals surface area contributed by atoms with Crippen molar-refractivity contribution in [3.8, 4) is 0 Å². The minimum absolute atomic E-state index is 0.640. The number of aromatic nitrogens is 1.